The van der Waals surface area contributed by atoms with E-state index in [1.54, 1.807) is 18.2 Å². The number of non-ortho nitro benzene ring substituents is 1. The lowest BCUT2D eigenvalue weighted by molar-refractivity contribution is -0.384. The van der Waals surface area contributed by atoms with Crippen LogP contribution in [0.4, 0.5) is 11.4 Å². The second kappa shape index (κ2) is 5.88. The second-order valence-electron chi connectivity index (χ2n) is 5.45. The van der Waals surface area contributed by atoms with Gasteiger partial charge in [0.25, 0.3) is 11.6 Å². The van der Waals surface area contributed by atoms with Crippen molar-refractivity contribution in [3.63, 3.8) is 0 Å². The summed E-state index contributed by atoms with van der Waals surface area (Å²) < 4.78 is 15.4. The van der Waals surface area contributed by atoms with Crippen molar-refractivity contribution in [1.29, 1.82) is 0 Å². The molecule has 0 unspecified atom stereocenters. The number of carbonyl (C=O) groups is 1. The van der Waals surface area contributed by atoms with E-state index in [2.05, 4.69) is 5.32 Å². The zero-order valence-electron chi connectivity index (χ0n) is 13.1. The Morgan fingerprint density at radius 1 is 1.08 bits per heavy atom. The predicted molar refractivity (Wildman–Crippen MR) is 89.7 cm³/mol. The van der Waals surface area contributed by atoms with Crippen molar-refractivity contribution >= 4 is 28.1 Å². The van der Waals surface area contributed by atoms with Crippen molar-refractivity contribution in [3.05, 3.63) is 68.8 Å². The zero-order valence-corrected chi connectivity index (χ0v) is 13.1. The molecule has 130 valence electrons. The van der Waals surface area contributed by atoms with Crippen LogP contribution in [0.3, 0.4) is 0 Å². The smallest absolute Gasteiger partial charge is 0.344 e. The van der Waals surface area contributed by atoms with Gasteiger partial charge in [0.05, 0.1) is 10.3 Å². The lowest BCUT2D eigenvalue weighted by atomic mass is 10.1. The number of rotatable bonds is 3. The van der Waals surface area contributed by atoms with E-state index in [0.29, 0.717) is 22.6 Å². The first-order chi connectivity index (χ1) is 12.5. The number of amides is 1. The van der Waals surface area contributed by atoms with E-state index < -0.39 is 16.5 Å². The van der Waals surface area contributed by atoms with Gasteiger partial charge in [-0.25, -0.2) is 4.79 Å². The van der Waals surface area contributed by atoms with Crippen molar-refractivity contribution in [2.24, 2.45) is 0 Å². The summed E-state index contributed by atoms with van der Waals surface area (Å²) in [6.07, 6.45) is 0. The summed E-state index contributed by atoms with van der Waals surface area (Å²) in [7, 11) is 0. The highest BCUT2D eigenvalue weighted by Crippen LogP contribution is 2.34. The SMILES string of the molecule is O=C(Nc1ccc2c(c1)OCO2)c1cc2ccc([N+](=O)[O-])cc2c(=O)o1. The Labute approximate surface area is 144 Å². The molecular weight excluding hydrogens is 344 g/mol. The molecule has 0 saturated heterocycles. The van der Waals surface area contributed by atoms with Crippen LogP contribution in [-0.4, -0.2) is 17.6 Å². The molecule has 3 aromatic rings. The number of nitrogens with zero attached hydrogens (tertiary/aromatic N) is 1. The zero-order chi connectivity index (χ0) is 18.3. The van der Waals surface area contributed by atoms with Crippen molar-refractivity contribution in [2.75, 3.05) is 12.1 Å². The van der Waals surface area contributed by atoms with E-state index in [1.807, 2.05) is 0 Å². The highest BCUT2D eigenvalue weighted by atomic mass is 16.7. The first-order valence-corrected chi connectivity index (χ1v) is 7.44. The van der Waals surface area contributed by atoms with Gasteiger partial charge in [0.2, 0.25) is 6.79 Å². The topological polar surface area (TPSA) is 121 Å². The van der Waals surface area contributed by atoms with Gasteiger partial charge in [-0.1, -0.05) is 0 Å². The number of nitro groups is 1. The van der Waals surface area contributed by atoms with Gasteiger partial charge in [0.15, 0.2) is 17.3 Å². The van der Waals surface area contributed by atoms with Gasteiger partial charge in [0.1, 0.15) is 0 Å². The minimum absolute atomic E-state index is 0.0267. The summed E-state index contributed by atoms with van der Waals surface area (Å²) >= 11 is 0. The third-order valence-corrected chi connectivity index (χ3v) is 3.81. The molecule has 0 saturated carbocycles. The number of hydrogen-bond acceptors (Lipinski definition) is 7. The van der Waals surface area contributed by atoms with Gasteiger partial charge in [0, 0.05) is 23.9 Å². The molecule has 2 aromatic carbocycles. The van der Waals surface area contributed by atoms with E-state index >= 15 is 0 Å². The molecule has 1 aromatic heterocycles. The molecule has 0 spiro atoms. The minimum Gasteiger partial charge on any atom is -0.454 e. The summed E-state index contributed by atoms with van der Waals surface area (Å²) in [5.41, 5.74) is -0.630. The number of carbonyl (C=O) groups excluding carboxylic acids is 1. The molecule has 0 atom stereocenters. The highest BCUT2D eigenvalue weighted by Gasteiger charge is 2.17. The third kappa shape index (κ3) is 2.71. The van der Waals surface area contributed by atoms with Crippen LogP contribution >= 0.6 is 0 Å². The second-order valence-corrected chi connectivity index (χ2v) is 5.45. The van der Waals surface area contributed by atoms with Crippen LogP contribution < -0.4 is 20.4 Å². The number of benzene rings is 2. The maximum Gasteiger partial charge on any atom is 0.344 e. The van der Waals surface area contributed by atoms with Crippen LogP contribution in [-0.2, 0) is 0 Å². The molecule has 0 bridgehead atoms. The summed E-state index contributed by atoms with van der Waals surface area (Å²) in [4.78, 5) is 34.6. The van der Waals surface area contributed by atoms with Crippen molar-refractivity contribution in [1.82, 2.24) is 0 Å². The normalized spacial score (nSPS) is 12.2. The van der Waals surface area contributed by atoms with Crippen molar-refractivity contribution in [3.8, 4) is 11.5 Å². The van der Waals surface area contributed by atoms with Gasteiger partial charge in [-0.05, 0) is 29.7 Å². The molecule has 2 heterocycles. The van der Waals surface area contributed by atoms with E-state index in [1.165, 1.54) is 18.2 Å². The first-order valence-electron chi connectivity index (χ1n) is 7.44. The Kier molecular flexibility index (Phi) is 3.54. The fourth-order valence-electron chi connectivity index (χ4n) is 2.56. The summed E-state index contributed by atoms with van der Waals surface area (Å²) in [6.45, 7) is 0.110. The van der Waals surface area contributed by atoms with Crippen LogP contribution in [0.1, 0.15) is 10.6 Å². The Hall–Kier alpha value is -3.88. The molecule has 9 nitrogen and oxygen atoms in total. The molecule has 0 radical (unpaired) electrons. The molecule has 1 aliphatic heterocycles. The average molecular weight is 354 g/mol. The lowest BCUT2D eigenvalue weighted by Crippen LogP contribution is -2.15. The Bertz CT molecular complexity index is 1120. The quantitative estimate of drug-likeness (QED) is 0.567. The fraction of sp³-hybridized carbons (Fsp3) is 0.0588. The van der Waals surface area contributed by atoms with E-state index in [9.17, 15) is 19.7 Å². The van der Waals surface area contributed by atoms with Crippen LogP contribution in [0.5, 0.6) is 11.5 Å². The third-order valence-electron chi connectivity index (χ3n) is 3.81. The summed E-state index contributed by atoms with van der Waals surface area (Å²) in [6, 6.07) is 9.96. The minimum atomic E-state index is -0.831. The number of nitrogens with one attached hydrogen (secondary N) is 1. The predicted octanol–water partition coefficient (Wildman–Crippen LogP) is 2.68. The van der Waals surface area contributed by atoms with Crippen LogP contribution in [0.25, 0.3) is 10.8 Å². The Morgan fingerprint density at radius 2 is 1.88 bits per heavy atom. The van der Waals surface area contributed by atoms with Crippen LogP contribution in [0.2, 0.25) is 0 Å². The number of fused-ring (bicyclic) bond motifs is 2. The number of hydrogen-bond donors (Lipinski definition) is 1. The Balaban J connectivity index is 1.65. The van der Waals surface area contributed by atoms with Gasteiger partial charge in [-0.3, -0.25) is 14.9 Å². The van der Waals surface area contributed by atoms with Gasteiger partial charge in [-0.15, -0.1) is 0 Å². The molecular formula is C17H10N2O7. The number of ether oxygens (including phenoxy) is 2. The van der Waals surface area contributed by atoms with Crippen molar-refractivity contribution < 1.29 is 23.6 Å². The van der Waals surface area contributed by atoms with Gasteiger partial charge >= 0.3 is 5.63 Å². The molecule has 4 rings (SSSR count). The lowest BCUT2D eigenvalue weighted by Gasteiger charge is -2.06. The van der Waals surface area contributed by atoms with Gasteiger partial charge in [-0.2, -0.15) is 0 Å². The monoisotopic (exact) mass is 354 g/mol. The molecule has 1 N–H and O–H groups in total. The summed E-state index contributed by atoms with van der Waals surface area (Å²) in [5.74, 6) is 0.215. The van der Waals surface area contributed by atoms with Gasteiger partial charge < -0.3 is 19.2 Å². The molecule has 1 amide bonds. The highest BCUT2D eigenvalue weighted by molar-refractivity contribution is 6.04. The maximum atomic E-state index is 12.4. The molecule has 9 heteroatoms. The van der Waals surface area contributed by atoms with Crippen LogP contribution in [0, 0.1) is 10.1 Å². The summed E-state index contributed by atoms with van der Waals surface area (Å²) in [5, 5.41) is 13.8. The average Bonchev–Trinajstić information content (AvgIpc) is 3.09. The van der Waals surface area contributed by atoms with E-state index in [-0.39, 0.29) is 23.6 Å². The largest absolute Gasteiger partial charge is 0.454 e. The van der Waals surface area contributed by atoms with E-state index in [0.717, 1.165) is 6.07 Å². The first kappa shape index (κ1) is 15.6. The van der Waals surface area contributed by atoms with Crippen LogP contribution in [0.15, 0.2) is 51.7 Å². The molecule has 0 fully saturated rings. The molecule has 1 aliphatic rings. The Morgan fingerprint density at radius 3 is 2.69 bits per heavy atom. The number of anilines is 1. The molecule has 0 aliphatic carbocycles. The number of nitro benzene ring substituents is 1. The fourth-order valence-corrected chi connectivity index (χ4v) is 2.56. The standard InChI is InChI=1S/C17H10N2O7/c20-16(18-10-2-4-13-14(6-10)25-8-24-13)15-5-9-1-3-11(19(22)23)7-12(9)17(21)26-15/h1-7H,8H2,(H,18,20). The maximum absolute atomic E-state index is 12.4. The van der Waals surface area contributed by atoms with E-state index in [4.69, 9.17) is 13.9 Å². The van der Waals surface area contributed by atoms with Crippen molar-refractivity contribution in [2.45, 2.75) is 0 Å². The molecule has 26 heavy (non-hydrogen) atoms.